The van der Waals surface area contributed by atoms with Crippen LogP contribution in [0.2, 0.25) is 0 Å². The van der Waals surface area contributed by atoms with Gasteiger partial charge in [-0.25, -0.2) is 0 Å². The van der Waals surface area contributed by atoms with E-state index in [9.17, 15) is 14.0 Å². The first-order valence-corrected chi connectivity index (χ1v) is 8.44. The van der Waals surface area contributed by atoms with E-state index in [0.717, 1.165) is 46.6 Å². The van der Waals surface area contributed by atoms with Crippen LogP contribution in [0, 0.1) is 10.2 Å². The minimum Gasteiger partial charge on any atom is -0.182 e. The normalized spacial score (nSPS) is 22.6. The number of rotatable bonds is 2. The molecule has 3 rings (SSSR count). The van der Waals surface area contributed by atoms with Gasteiger partial charge in [0.15, 0.2) is 0 Å². The van der Waals surface area contributed by atoms with E-state index in [1.165, 1.54) is 0 Å². The smallest absolute Gasteiger partial charge is 0.143 e. The molecule has 1 fully saturated rings. The van der Waals surface area contributed by atoms with Gasteiger partial charge in [-0.1, -0.05) is 18.2 Å². The molecule has 0 amide bonds. The lowest BCUT2D eigenvalue weighted by atomic mass is 9.93. The summed E-state index contributed by atoms with van der Waals surface area (Å²) >= 11 is 0. The fraction of sp³-hybridized carbons (Fsp3) is 0.308. The molecule has 1 aliphatic carbocycles. The Morgan fingerprint density at radius 2 is 1.79 bits per heavy atom. The van der Waals surface area contributed by atoms with Crippen LogP contribution in [0.4, 0.5) is 0 Å². The molecule has 0 bridgehead atoms. The van der Waals surface area contributed by atoms with E-state index in [-0.39, 0.29) is 0 Å². The van der Waals surface area contributed by atoms with Crippen LogP contribution < -0.4 is 14.0 Å². The highest BCUT2D eigenvalue weighted by Crippen LogP contribution is 2.44. The largest absolute Gasteiger partial charge is 0.182 e. The third-order valence-electron chi connectivity index (χ3n) is 3.27. The van der Waals surface area contributed by atoms with Crippen LogP contribution in [0.1, 0.15) is 31.2 Å². The van der Waals surface area contributed by atoms with Gasteiger partial charge in [0, 0.05) is 4.86 Å². The number of allylic oxidation sites excluding steroid dienone is 1. The zero-order valence-corrected chi connectivity index (χ0v) is 11.7. The van der Waals surface area contributed by atoms with E-state index in [2.05, 4.69) is 6.08 Å². The number of hydrogen-bond donors (Lipinski definition) is 0. The molecule has 1 unspecified atom stereocenters. The van der Waals surface area contributed by atoms with Crippen molar-refractivity contribution in [1.29, 1.82) is 0 Å². The second kappa shape index (κ2) is 5.01. The van der Waals surface area contributed by atoms with Crippen LogP contribution in [0.5, 0.6) is 0 Å². The highest BCUT2D eigenvalue weighted by molar-refractivity contribution is 8.12. The summed E-state index contributed by atoms with van der Waals surface area (Å²) in [5.41, 5.74) is 2.08. The maximum Gasteiger partial charge on any atom is 0.143 e. The molecule has 2 aliphatic rings. The molecule has 102 valence electrons. The molecule has 1 aromatic rings. The zero-order valence-electron chi connectivity index (χ0n) is 10.1. The topological polar surface area (TPSA) is 78.4 Å². The van der Waals surface area contributed by atoms with Crippen LogP contribution in [0.15, 0.2) is 34.7 Å². The van der Waals surface area contributed by atoms with Gasteiger partial charge in [-0.3, -0.25) is 0 Å². The summed E-state index contributed by atoms with van der Waals surface area (Å²) in [6.45, 7) is 0. The molecule has 4 nitrogen and oxygen atoms in total. The quantitative estimate of drug-likeness (QED) is 0.735. The van der Waals surface area contributed by atoms with E-state index >= 15 is 0 Å². The third-order valence-corrected chi connectivity index (χ3v) is 6.08. The van der Waals surface area contributed by atoms with Gasteiger partial charge in [-0.05, 0) is 49.0 Å². The standard InChI is InChI=1S/C13H13ClO4S/c15-14(16,17)18-19-12-7-3-1-5-10(12)9-11-6-2-4-8-13(11)19/h1,3,5,7,9H,2,4,6,8H2. The van der Waals surface area contributed by atoms with Crippen molar-refractivity contribution in [3.8, 4) is 0 Å². The van der Waals surface area contributed by atoms with Gasteiger partial charge in [-0.2, -0.15) is 14.0 Å². The van der Waals surface area contributed by atoms with E-state index < -0.39 is 21.0 Å². The Kier molecular flexibility index (Phi) is 3.51. The Morgan fingerprint density at radius 1 is 1.05 bits per heavy atom. The summed E-state index contributed by atoms with van der Waals surface area (Å²) in [6, 6.07) is 7.48. The van der Waals surface area contributed by atoms with Crippen molar-refractivity contribution in [2.75, 3.05) is 0 Å². The average Bonchev–Trinajstić information content (AvgIpc) is 2.37. The van der Waals surface area contributed by atoms with Crippen LogP contribution in [0.25, 0.3) is 6.08 Å². The number of halogens is 1. The predicted molar refractivity (Wildman–Crippen MR) is 64.8 cm³/mol. The first kappa shape index (κ1) is 13.3. The minimum absolute atomic E-state index is 0.787. The monoisotopic (exact) mass is 300 g/mol. The van der Waals surface area contributed by atoms with Crippen LogP contribution in [-0.4, -0.2) is 4.86 Å². The van der Waals surface area contributed by atoms with E-state index in [0.29, 0.717) is 0 Å². The number of benzene rings is 1. The van der Waals surface area contributed by atoms with E-state index in [1.807, 2.05) is 24.3 Å². The molecule has 1 heterocycles. The van der Waals surface area contributed by atoms with Crippen molar-refractivity contribution in [3.05, 3.63) is 35.4 Å². The second-order valence-corrected chi connectivity index (χ2v) is 7.28. The molecule has 1 aromatic carbocycles. The molecule has 6 heteroatoms. The molecular weight excluding hydrogens is 288 g/mol. The van der Waals surface area contributed by atoms with Gasteiger partial charge in [0.1, 0.15) is 14.5 Å². The molecule has 0 N–H and O–H groups in total. The van der Waals surface area contributed by atoms with Gasteiger partial charge >= 0.3 is 0 Å². The summed E-state index contributed by atoms with van der Waals surface area (Å²) in [7, 11) is -5.49. The summed E-state index contributed by atoms with van der Waals surface area (Å²) < 4.78 is 37.7. The SMILES string of the molecule is [O-][Cl+3]([O-])([O-])OS1=C2CCCCC2=Cc2ccccc21. The molecule has 0 spiro atoms. The Labute approximate surface area is 116 Å². The van der Waals surface area contributed by atoms with Crippen molar-refractivity contribution in [3.63, 3.8) is 0 Å². The Morgan fingerprint density at radius 3 is 2.58 bits per heavy atom. The fourth-order valence-electron chi connectivity index (χ4n) is 2.50. The van der Waals surface area contributed by atoms with Crippen molar-refractivity contribution in [2.24, 2.45) is 0 Å². The van der Waals surface area contributed by atoms with Crippen molar-refractivity contribution in [2.45, 2.75) is 30.6 Å². The maximum absolute atomic E-state index is 11.0. The number of fused-ring (bicyclic) bond motifs is 2. The minimum atomic E-state index is -4.42. The first-order chi connectivity index (χ1) is 9.04. The predicted octanol–water partition coefficient (Wildman–Crippen LogP) is 0.287. The van der Waals surface area contributed by atoms with Gasteiger partial charge < -0.3 is 0 Å². The molecule has 19 heavy (non-hydrogen) atoms. The van der Waals surface area contributed by atoms with Crippen LogP contribution in [0.3, 0.4) is 0 Å². The summed E-state index contributed by atoms with van der Waals surface area (Å²) in [4.78, 5) is 1.76. The molecule has 0 saturated heterocycles. The van der Waals surface area contributed by atoms with Crippen molar-refractivity contribution in [1.82, 2.24) is 0 Å². The molecule has 0 radical (unpaired) electrons. The average molecular weight is 301 g/mol. The lowest BCUT2D eigenvalue weighted by Crippen LogP contribution is -2.60. The third kappa shape index (κ3) is 2.76. The van der Waals surface area contributed by atoms with E-state index in [1.54, 1.807) is 0 Å². The summed E-state index contributed by atoms with van der Waals surface area (Å²) in [6.07, 6.45) is 5.92. The highest BCUT2D eigenvalue weighted by atomic mass is 35.7. The molecule has 1 atom stereocenters. The zero-order chi connectivity index (χ0) is 13.5. The molecule has 1 saturated carbocycles. The molecule has 0 aromatic heterocycles. The summed E-state index contributed by atoms with van der Waals surface area (Å²) in [5, 5.41) is 0. The summed E-state index contributed by atoms with van der Waals surface area (Å²) in [5.74, 6) is 0. The lowest BCUT2D eigenvalue weighted by Gasteiger charge is -2.25. The first-order valence-electron chi connectivity index (χ1n) is 6.05. The van der Waals surface area contributed by atoms with Gasteiger partial charge in [0.2, 0.25) is 0 Å². The molecule has 1 aliphatic heterocycles. The number of hydrogen-bond acceptors (Lipinski definition) is 4. The lowest BCUT2D eigenvalue weighted by molar-refractivity contribution is -1.91. The van der Waals surface area contributed by atoms with Gasteiger partial charge in [0.05, 0.1) is 15.1 Å². The highest BCUT2D eigenvalue weighted by Gasteiger charge is 2.32. The van der Waals surface area contributed by atoms with E-state index in [4.69, 9.17) is 3.74 Å². The Hall–Kier alpha value is -0.690. The van der Waals surface area contributed by atoms with Crippen molar-refractivity contribution >= 4 is 21.7 Å². The van der Waals surface area contributed by atoms with Crippen LogP contribution >= 0.6 is 10.8 Å². The van der Waals surface area contributed by atoms with Crippen molar-refractivity contribution < 1.29 is 28.0 Å². The molecular formula is C13H13ClO4S. The van der Waals surface area contributed by atoms with Crippen LogP contribution in [-0.2, 0) is 3.74 Å². The Bertz CT molecular complexity index is 574. The second-order valence-electron chi connectivity index (χ2n) is 4.55. The Balaban J connectivity index is 2.14. The van der Waals surface area contributed by atoms with Gasteiger partial charge in [0.25, 0.3) is 0 Å². The van der Waals surface area contributed by atoms with Gasteiger partial charge in [-0.15, -0.1) is 0 Å². The fourth-order valence-corrected chi connectivity index (χ4v) is 5.23. The maximum atomic E-state index is 11.0.